The zero-order valence-electron chi connectivity index (χ0n) is 17.6. The molecule has 1 atom stereocenters. The van der Waals surface area contributed by atoms with Crippen LogP contribution in [0, 0.1) is 0 Å². The highest BCUT2D eigenvalue weighted by molar-refractivity contribution is 6.23. The Hall–Kier alpha value is -3.82. The van der Waals surface area contributed by atoms with Crippen LogP contribution in [0.5, 0.6) is 0 Å². The zero-order chi connectivity index (χ0) is 22.8. The Bertz CT molecular complexity index is 1120. The van der Waals surface area contributed by atoms with Crippen molar-refractivity contribution in [2.45, 2.75) is 38.1 Å². The topological polar surface area (TPSA) is 130 Å². The molecule has 166 valence electrons. The van der Waals surface area contributed by atoms with E-state index in [1.807, 2.05) is 0 Å². The molecule has 4 rings (SSSR count). The molecule has 10 nitrogen and oxygen atoms in total. The molecule has 2 aliphatic rings. The van der Waals surface area contributed by atoms with Crippen molar-refractivity contribution in [2.24, 2.45) is 7.05 Å². The highest BCUT2D eigenvalue weighted by Gasteiger charge is 2.44. The third-order valence-corrected chi connectivity index (χ3v) is 5.58. The van der Waals surface area contributed by atoms with Gasteiger partial charge in [0, 0.05) is 26.2 Å². The molecule has 1 unspecified atom stereocenters. The summed E-state index contributed by atoms with van der Waals surface area (Å²) in [6, 6.07) is 5.85. The van der Waals surface area contributed by atoms with Crippen LogP contribution in [0.1, 0.15) is 51.2 Å². The van der Waals surface area contributed by atoms with Crippen LogP contribution in [0.3, 0.4) is 0 Å². The number of carbonyl (C=O) groups excluding carboxylic acids is 5. The van der Waals surface area contributed by atoms with Gasteiger partial charge in [-0.05, 0) is 43.0 Å². The number of hydrogen-bond acceptors (Lipinski definition) is 6. The first kappa shape index (κ1) is 21.4. The molecule has 0 aliphatic carbocycles. The van der Waals surface area contributed by atoms with E-state index in [1.54, 1.807) is 42.2 Å². The van der Waals surface area contributed by atoms with Crippen LogP contribution in [0.15, 0.2) is 30.5 Å². The molecular formula is C22H23N5O5. The Balaban J connectivity index is 1.33. The van der Waals surface area contributed by atoms with Crippen molar-refractivity contribution in [1.82, 2.24) is 25.3 Å². The average molecular weight is 437 g/mol. The Kier molecular flexibility index (Phi) is 5.85. The van der Waals surface area contributed by atoms with E-state index >= 15 is 0 Å². The second-order valence-electron chi connectivity index (χ2n) is 7.94. The highest BCUT2D eigenvalue weighted by Crippen LogP contribution is 2.28. The van der Waals surface area contributed by atoms with Gasteiger partial charge in [-0.25, -0.2) is 0 Å². The quantitative estimate of drug-likeness (QED) is 0.467. The Labute approximate surface area is 183 Å². The Morgan fingerprint density at radius 1 is 1.16 bits per heavy atom. The molecule has 3 heterocycles. The molecule has 2 aromatic rings. The van der Waals surface area contributed by atoms with Crippen molar-refractivity contribution in [3.05, 3.63) is 52.8 Å². The molecule has 0 saturated carbocycles. The molecule has 1 aromatic heterocycles. The van der Waals surface area contributed by atoms with Crippen LogP contribution in [0.4, 0.5) is 0 Å². The van der Waals surface area contributed by atoms with E-state index in [9.17, 15) is 24.0 Å². The lowest BCUT2D eigenvalue weighted by molar-refractivity contribution is -0.136. The summed E-state index contributed by atoms with van der Waals surface area (Å²) < 4.78 is 1.64. The van der Waals surface area contributed by atoms with Gasteiger partial charge in [0.05, 0.1) is 23.2 Å². The van der Waals surface area contributed by atoms with Gasteiger partial charge in [0.15, 0.2) is 0 Å². The van der Waals surface area contributed by atoms with E-state index in [-0.39, 0.29) is 36.3 Å². The lowest BCUT2D eigenvalue weighted by atomic mass is 10.0. The highest BCUT2D eigenvalue weighted by atomic mass is 16.2. The Morgan fingerprint density at radius 3 is 2.66 bits per heavy atom. The molecular weight excluding hydrogens is 414 g/mol. The van der Waals surface area contributed by atoms with E-state index < -0.39 is 29.7 Å². The standard InChI is InChI=1S/C22H23N5O5/c1-26-10-8-14(25-26)12-19(29)23-9-2-3-13-4-5-15-16(11-13)22(32)27(21(15)31)17-6-7-18(28)24-20(17)30/h4-5,8,10-11,17H,2-3,6-7,9,12H2,1H3,(H,23,29)(H,24,28,30). The lowest BCUT2D eigenvalue weighted by Gasteiger charge is -2.27. The maximum atomic E-state index is 12.9. The van der Waals surface area contributed by atoms with Gasteiger partial charge < -0.3 is 5.32 Å². The van der Waals surface area contributed by atoms with Gasteiger partial charge in [0.2, 0.25) is 17.7 Å². The minimum atomic E-state index is -0.974. The fraction of sp³-hybridized carbons (Fsp3) is 0.364. The second kappa shape index (κ2) is 8.74. The predicted molar refractivity (Wildman–Crippen MR) is 111 cm³/mol. The molecule has 1 aromatic carbocycles. The number of carbonyl (C=O) groups is 5. The summed E-state index contributed by atoms with van der Waals surface area (Å²) in [6.45, 7) is 0.470. The van der Waals surface area contributed by atoms with Crippen LogP contribution >= 0.6 is 0 Å². The minimum absolute atomic E-state index is 0.0844. The number of hydrogen-bond donors (Lipinski definition) is 2. The summed E-state index contributed by atoms with van der Waals surface area (Å²) in [4.78, 5) is 62.0. The van der Waals surface area contributed by atoms with Crippen molar-refractivity contribution < 1.29 is 24.0 Å². The second-order valence-corrected chi connectivity index (χ2v) is 7.94. The molecule has 2 aliphatic heterocycles. The number of amides is 5. The summed E-state index contributed by atoms with van der Waals surface area (Å²) in [5.74, 6) is -2.19. The predicted octanol–water partition coefficient (Wildman–Crippen LogP) is 0.113. The first-order valence-corrected chi connectivity index (χ1v) is 10.4. The molecule has 1 fully saturated rings. The molecule has 1 saturated heterocycles. The number of piperidine rings is 1. The summed E-state index contributed by atoms with van der Waals surface area (Å²) in [7, 11) is 1.79. The molecule has 0 radical (unpaired) electrons. The normalized spacial score (nSPS) is 18.0. The molecule has 10 heteroatoms. The fourth-order valence-electron chi connectivity index (χ4n) is 3.98. The van der Waals surface area contributed by atoms with Crippen LogP contribution in [0.25, 0.3) is 0 Å². The maximum absolute atomic E-state index is 12.9. The van der Waals surface area contributed by atoms with Crippen LogP contribution in [-0.2, 0) is 34.3 Å². The summed E-state index contributed by atoms with van der Waals surface area (Å²) >= 11 is 0. The number of imide groups is 2. The van der Waals surface area contributed by atoms with Gasteiger partial charge in [-0.1, -0.05) is 6.07 Å². The van der Waals surface area contributed by atoms with Crippen molar-refractivity contribution in [3.8, 4) is 0 Å². The first-order valence-electron chi connectivity index (χ1n) is 10.4. The summed E-state index contributed by atoms with van der Waals surface area (Å²) in [6.07, 6.45) is 3.47. The fourth-order valence-corrected chi connectivity index (χ4v) is 3.98. The number of aryl methyl sites for hydroxylation is 2. The largest absolute Gasteiger partial charge is 0.356 e. The van der Waals surface area contributed by atoms with Gasteiger partial charge in [-0.3, -0.25) is 38.9 Å². The Morgan fingerprint density at radius 2 is 1.94 bits per heavy atom. The van der Waals surface area contributed by atoms with Crippen molar-refractivity contribution >= 4 is 29.5 Å². The number of fused-ring (bicyclic) bond motifs is 1. The summed E-state index contributed by atoms with van der Waals surface area (Å²) in [5, 5.41) is 9.20. The van der Waals surface area contributed by atoms with Gasteiger partial charge in [-0.2, -0.15) is 5.10 Å². The van der Waals surface area contributed by atoms with Gasteiger partial charge >= 0.3 is 0 Å². The first-order chi connectivity index (χ1) is 15.3. The van der Waals surface area contributed by atoms with Gasteiger partial charge in [-0.15, -0.1) is 0 Å². The van der Waals surface area contributed by atoms with Gasteiger partial charge in [0.1, 0.15) is 6.04 Å². The summed E-state index contributed by atoms with van der Waals surface area (Å²) in [5.41, 5.74) is 2.07. The van der Waals surface area contributed by atoms with Crippen molar-refractivity contribution in [1.29, 1.82) is 0 Å². The number of nitrogens with one attached hydrogen (secondary N) is 2. The van der Waals surface area contributed by atoms with E-state index in [0.717, 1.165) is 10.5 Å². The monoisotopic (exact) mass is 437 g/mol. The van der Waals surface area contributed by atoms with Crippen molar-refractivity contribution in [2.75, 3.05) is 6.54 Å². The van der Waals surface area contributed by atoms with E-state index in [2.05, 4.69) is 15.7 Å². The maximum Gasteiger partial charge on any atom is 0.262 e. The molecule has 5 amide bonds. The van der Waals surface area contributed by atoms with Crippen LogP contribution < -0.4 is 10.6 Å². The molecule has 32 heavy (non-hydrogen) atoms. The van der Waals surface area contributed by atoms with E-state index in [1.165, 1.54) is 0 Å². The number of nitrogens with zero attached hydrogens (tertiary/aromatic N) is 3. The minimum Gasteiger partial charge on any atom is -0.356 e. The van der Waals surface area contributed by atoms with Crippen LogP contribution in [0.2, 0.25) is 0 Å². The van der Waals surface area contributed by atoms with E-state index in [0.29, 0.717) is 25.1 Å². The lowest BCUT2D eigenvalue weighted by Crippen LogP contribution is -2.54. The van der Waals surface area contributed by atoms with Crippen molar-refractivity contribution in [3.63, 3.8) is 0 Å². The number of benzene rings is 1. The van der Waals surface area contributed by atoms with E-state index in [4.69, 9.17) is 0 Å². The third kappa shape index (κ3) is 4.29. The SMILES string of the molecule is Cn1ccc(CC(=O)NCCCc2ccc3c(c2)C(=O)N(C2CCC(=O)NC2=O)C3=O)n1. The number of rotatable bonds is 7. The molecule has 0 bridgehead atoms. The third-order valence-electron chi connectivity index (χ3n) is 5.58. The average Bonchev–Trinajstić information content (AvgIpc) is 3.26. The zero-order valence-corrected chi connectivity index (χ0v) is 17.6. The molecule has 2 N–H and O–H groups in total. The van der Waals surface area contributed by atoms with Crippen LogP contribution in [-0.4, -0.2) is 56.8 Å². The van der Waals surface area contributed by atoms with Gasteiger partial charge in [0.25, 0.3) is 11.8 Å². The molecule has 0 spiro atoms. The number of aromatic nitrogens is 2. The smallest absolute Gasteiger partial charge is 0.262 e.